The van der Waals surface area contributed by atoms with Gasteiger partial charge in [-0.1, -0.05) is 34.9 Å². The number of carbonyl (C=O) groups excluding carboxylic acids is 1. The molecule has 0 aliphatic rings. The number of nitrogens with one attached hydrogen (secondary N) is 1. The quantitative estimate of drug-likeness (QED) is 0.384. The van der Waals surface area contributed by atoms with Gasteiger partial charge in [0.2, 0.25) is 5.91 Å². The molecule has 0 radical (unpaired) electrons. The Bertz CT molecular complexity index is 1150. The molecule has 0 saturated carbocycles. The number of anilines is 1. The fourth-order valence-corrected chi connectivity index (χ4v) is 3.71. The van der Waals surface area contributed by atoms with Crippen molar-refractivity contribution in [1.82, 2.24) is 10.2 Å². The first kappa shape index (κ1) is 20.0. The maximum Gasteiger partial charge on any atom is 0.322 e. The maximum absolute atomic E-state index is 12.2. The van der Waals surface area contributed by atoms with E-state index < -0.39 is 0 Å². The molecule has 2 heterocycles. The van der Waals surface area contributed by atoms with E-state index in [1.165, 1.54) is 5.56 Å². The van der Waals surface area contributed by atoms with Crippen molar-refractivity contribution in [2.75, 3.05) is 17.7 Å². The van der Waals surface area contributed by atoms with E-state index in [0.717, 1.165) is 10.3 Å². The molecule has 0 atom stereocenters. The molecule has 0 bridgehead atoms. The van der Waals surface area contributed by atoms with E-state index in [0.29, 0.717) is 35.9 Å². The largest absolute Gasteiger partial charge is 0.490 e. The fraction of sp³-hybridized carbons (Fsp3) is 0.227. The van der Waals surface area contributed by atoms with Crippen molar-refractivity contribution in [3.05, 3.63) is 54.1 Å². The van der Waals surface area contributed by atoms with Crippen LogP contribution in [0.4, 0.5) is 6.01 Å². The lowest BCUT2D eigenvalue weighted by Crippen LogP contribution is -2.12. The number of nitrogens with zero attached hydrogens (tertiary/aromatic N) is 2. The highest BCUT2D eigenvalue weighted by molar-refractivity contribution is 7.99. The van der Waals surface area contributed by atoms with Gasteiger partial charge in [-0.05, 0) is 38.1 Å². The van der Waals surface area contributed by atoms with Gasteiger partial charge in [-0.3, -0.25) is 10.1 Å². The van der Waals surface area contributed by atoms with Crippen molar-refractivity contribution in [3.63, 3.8) is 0 Å². The summed E-state index contributed by atoms with van der Waals surface area (Å²) in [4.78, 5) is 13.3. The van der Waals surface area contributed by atoms with Crippen molar-refractivity contribution in [1.29, 1.82) is 0 Å². The van der Waals surface area contributed by atoms with Gasteiger partial charge in [0, 0.05) is 22.5 Å². The summed E-state index contributed by atoms with van der Waals surface area (Å²) < 4.78 is 17.0. The number of furan rings is 1. The first-order chi connectivity index (χ1) is 14.6. The lowest BCUT2D eigenvalue weighted by Gasteiger charge is -2.02. The SMILES string of the molecule is CCOc1cccc2cc(-c3nnc(NC(=O)CCSc4ccc(C)cc4)o3)oc12. The minimum absolute atomic E-state index is 0.0424. The number of benzene rings is 2. The lowest BCUT2D eigenvalue weighted by atomic mass is 10.2. The highest BCUT2D eigenvalue weighted by atomic mass is 32.2. The van der Waals surface area contributed by atoms with Gasteiger partial charge < -0.3 is 13.6 Å². The zero-order valence-electron chi connectivity index (χ0n) is 16.7. The number of fused-ring (bicyclic) bond motifs is 1. The van der Waals surface area contributed by atoms with Crippen LogP contribution in [0.3, 0.4) is 0 Å². The number of amides is 1. The number of ether oxygens (including phenoxy) is 1. The third-order valence-corrected chi connectivity index (χ3v) is 5.32. The zero-order valence-corrected chi connectivity index (χ0v) is 17.5. The van der Waals surface area contributed by atoms with Crippen LogP contribution in [0.1, 0.15) is 18.9 Å². The molecule has 0 fully saturated rings. The summed E-state index contributed by atoms with van der Waals surface area (Å²) in [5.41, 5.74) is 1.83. The number of thioether (sulfide) groups is 1. The first-order valence-corrected chi connectivity index (χ1v) is 10.6. The van der Waals surface area contributed by atoms with Crippen molar-refractivity contribution in [2.24, 2.45) is 0 Å². The Hall–Kier alpha value is -3.26. The van der Waals surface area contributed by atoms with Gasteiger partial charge in [0.05, 0.1) is 6.61 Å². The summed E-state index contributed by atoms with van der Waals surface area (Å²) >= 11 is 1.62. The third-order valence-electron chi connectivity index (χ3n) is 4.31. The summed E-state index contributed by atoms with van der Waals surface area (Å²) in [6.45, 7) is 4.49. The number of rotatable bonds is 8. The fourth-order valence-electron chi connectivity index (χ4n) is 2.86. The van der Waals surface area contributed by atoms with Crippen LogP contribution in [-0.4, -0.2) is 28.5 Å². The van der Waals surface area contributed by atoms with Crippen LogP contribution in [0.2, 0.25) is 0 Å². The van der Waals surface area contributed by atoms with E-state index in [2.05, 4.69) is 27.6 Å². The number of aromatic nitrogens is 2. The van der Waals surface area contributed by atoms with Crippen LogP contribution < -0.4 is 10.1 Å². The van der Waals surface area contributed by atoms with E-state index in [4.69, 9.17) is 13.6 Å². The van der Waals surface area contributed by atoms with Crippen LogP contribution in [-0.2, 0) is 4.79 Å². The predicted molar refractivity (Wildman–Crippen MR) is 116 cm³/mol. The van der Waals surface area contributed by atoms with Gasteiger partial charge in [-0.25, -0.2) is 0 Å². The monoisotopic (exact) mass is 423 g/mol. The Balaban J connectivity index is 1.37. The molecule has 4 rings (SSSR count). The summed E-state index contributed by atoms with van der Waals surface area (Å²) in [5.74, 6) is 1.73. The van der Waals surface area contributed by atoms with Crippen LogP contribution >= 0.6 is 11.8 Å². The summed E-state index contributed by atoms with van der Waals surface area (Å²) in [6.07, 6.45) is 0.332. The molecule has 1 N–H and O–H groups in total. The van der Waals surface area contributed by atoms with Crippen molar-refractivity contribution in [2.45, 2.75) is 25.2 Å². The van der Waals surface area contributed by atoms with Gasteiger partial charge in [0.1, 0.15) is 0 Å². The van der Waals surface area contributed by atoms with Gasteiger partial charge in [-0.15, -0.1) is 16.9 Å². The number of hydrogen-bond acceptors (Lipinski definition) is 7. The Morgan fingerprint density at radius 3 is 2.77 bits per heavy atom. The van der Waals surface area contributed by atoms with E-state index in [-0.39, 0.29) is 17.8 Å². The minimum Gasteiger partial charge on any atom is -0.490 e. The molecule has 0 aliphatic carbocycles. The van der Waals surface area contributed by atoms with Crippen LogP contribution in [0.5, 0.6) is 5.75 Å². The Kier molecular flexibility index (Phi) is 6.04. The van der Waals surface area contributed by atoms with E-state index in [1.54, 1.807) is 17.8 Å². The zero-order chi connectivity index (χ0) is 20.9. The molecule has 0 aliphatic heterocycles. The lowest BCUT2D eigenvalue weighted by molar-refractivity contribution is -0.115. The van der Waals surface area contributed by atoms with Gasteiger partial charge in [0.15, 0.2) is 17.1 Å². The predicted octanol–water partition coefficient (Wildman–Crippen LogP) is 5.31. The maximum atomic E-state index is 12.2. The molecule has 4 aromatic rings. The number of para-hydroxylation sites is 1. The standard InChI is InChI=1S/C22H21N3O4S/c1-3-27-17-6-4-5-15-13-18(28-20(15)17)21-24-25-22(29-21)23-19(26)11-12-30-16-9-7-14(2)8-10-16/h4-10,13H,3,11-12H2,1-2H3,(H,23,25,26). The average molecular weight is 423 g/mol. The highest BCUT2D eigenvalue weighted by Gasteiger charge is 2.17. The Morgan fingerprint density at radius 1 is 1.13 bits per heavy atom. The minimum atomic E-state index is -0.187. The topological polar surface area (TPSA) is 90.4 Å². The van der Waals surface area contributed by atoms with Gasteiger partial charge in [0.25, 0.3) is 5.89 Å². The smallest absolute Gasteiger partial charge is 0.322 e. The van der Waals surface area contributed by atoms with Crippen LogP contribution in [0.25, 0.3) is 22.6 Å². The summed E-state index contributed by atoms with van der Waals surface area (Å²) in [6, 6.07) is 15.7. The van der Waals surface area contributed by atoms with Crippen molar-refractivity contribution >= 4 is 34.7 Å². The molecule has 0 spiro atoms. The summed E-state index contributed by atoms with van der Waals surface area (Å²) in [5, 5.41) is 11.4. The molecule has 8 heteroatoms. The third kappa shape index (κ3) is 4.65. The van der Waals surface area contributed by atoms with Crippen LogP contribution in [0.15, 0.2) is 62.3 Å². The van der Waals surface area contributed by atoms with E-state index in [1.807, 2.05) is 44.2 Å². The molecular weight excluding hydrogens is 402 g/mol. The Morgan fingerprint density at radius 2 is 1.97 bits per heavy atom. The van der Waals surface area contributed by atoms with Crippen molar-refractivity contribution < 1.29 is 18.4 Å². The molecular formula is C22H21N3O4S. The van der Waals surface area contributed by atoms with E-state index >= 15 is 0 Å². The van der Waals surface area contributed by atoms with Crippen molar-refractivity contribution in [3.8, 4) is 17.4 Å². The molecule has 0 saturated heterocycles. The number of aryl methyl sites for hydroxylation is 1. The normalized spacial score (nSPS) is 11.0. The molecule has 7 nitrogen and oxygen atoms in total. The number of carbonyl (C=O) groups is 1. The molecule has 2 aromatic heterocycles. The molecule has 1 amide bonds. The molecule has 30 heavy (non-hydrogen) atoms. The second-order valence-corrected chi connectivity index (χ2v) is 7.76. The van der Waals surface area contributed by atoms with Gasteiger partial charge >= 0.3 is 6.01 Å². The second-order valence-electron chi connectivity index (χ2n) is 6.59. The average Bonchev–Trinajstić information content (AvgIpc) is 3.37. The number of hydrogen-bond donors (Lipinski definition) is 1. The highest BCUT2D eigenvalue weighted by Crippen LogP contribution is 2.33. The van der Waals surface area contributed by atoms with Gasteiger partial charge in [-0.2, -0.15) is 0 Å². The molecule has 0 unspecified atom stereocenters. The molecule has 154 valence electrons. The van der Waals surface area contributed by atoms with E-state index in [9.17, 15) is 4.79 Å². The molecule has 2 aromatic carbocycles. The van der Waals surface area contributed by atoms with Crippen LogP contribution in [0, 0.1) is 6.92 Å². The summed E-state index contributed by atoms with van der Waals surface area (Å²) in [7, 11) is 0. The first-order valence-electron chi connectivity index (χ1n) is 9.61. The Labute approximate surface area is 177 Å². The second kappa shape index (κ2) is 9.04.